The van der Waals surface area contributed by atoms with Gasteiger partial charge >= 0.3 is 5.69 Å². The quantitative estimate of drug-likeness (QED) is 0.450. The van der Waals surface area contributed by atoms with Crippen LogP contribution in [-0.4, -0.2) is 11.5 Å². The van der Waals surface area contributed by atoms with Gasteiger partial charge in [0, 0.05) is 12.5 Å². The molecule has 0 fully saturated rings. The molecule has 16 heavy (non-hydrogen) atoms. The van der Waals surface area contributed by atoms with Crippen molar-refractivity contribution in [2.24, 2.45) is 0 Å². The molecule has 5 nitrogen and oxygen atoms in total. The number of ether oxygens (including phenoxy) is 1. The van der Waals surface area contributed by atoms with Crippen molar-refractivity contribution in [2.45, 2.75) is 12.8 Å². The fourth-order valence-corrected chi connectivity index (χ4v) is 1.33. The SMILES string of the molecule is N#CCCCOc1c(Cl)cccc1[N+](=O)[O-]. The summed E-state index contributed by atoms with van der Waals surface area (Å²) in [6.45, 7) is 0.234. The van der Waals surface area contributed by atoms with Gasteiger partial charge in [-0.05, 0) is 12.5 Å². The molecule has 0 radical (unpaired) electrons. The van der Waals surface area contributed by atoms with E-state index >= 15 is 0 Å². The third-order valence-corrected chi connectivity index (χ3v) is 2.12. The first kappa shape index (κ1) is 12.3. The Kier molecular flexibility index (Phi) is 4.55. The van der Waals surface area contributed by atoms with E-state index < -0.39 is 4.92 Å². The Morgan fingerprint density at radius 1 is 1.56 bits per heavy atom. The van der Waals surface area contributed by atoms with E-state index in [1.54, 1.807) is 0 Å². The maximum absolute atomic E-state index is 10.7. The molecule has 1 aromatic rings. The summed E-state index contributed by atoms with van der Waals surface area (Å²) in [5, 5.41) is 19.2. The first-order chi connectivity index (χ1) is 7.66. The van der Waals surface area contributed by atoms with E-state index in [0.29, 0.717) is 12.8 Å². The molecule has 1 aromatic carbocycles. The second-order valence-electron chi connectivity index (χ2n) is 2.96. The summed E-state index contributed by atoms with van der Waals surface area (Å²) in [6, 6.07) is 6.29. The van der Waals surface area contributed by atoms with E-state index in [1.165, 1.54) is 18.2 Å². The van der Waals surface area contributed by atoms with Gasteiger partial charge in [-0.2, -0.15) is 5.26 Å². The zero-order valence-corrected chi connectivity index (χ0v) is 9.11. The fraction of sp³-hybridized carbons (Fsp3) is 0.300. The molecule has 84 valence electrons. The minimum absolute atomic E-state index is 0.0621. The monoisotopic (exact) mass is 240 g/mol. The first-order valence-corrected chi connectivity index (χ1v) is 4.97. The fourth-order valence-electron chi connectivity index (χ4n) is 1.11. The lowest BCUT2D eigenvalue weighted by molar-refractivity contribution is -0.385. The van der Waals surface area contributed by atoms with Crippen molar-refractivity contribution < 1.29 is 9.66 Å². The highest BCUT2D eigenvalue weighted by atomic mass is 35.5. The molecular weight excluding hydrogens is 232 g/mol. The Labute approximate surface area is 97.4 Å². The van der Waals surface area contributed by atoms with Gasteiger partial charge in [-0.3, -0.25) is 10.1 Å². The lowest BCUT2D eigenvalue weighted by Gasteiger charge is -2.06. The normalized spacial score (nSPS) is 9.50. The average Bonchev–Trinajstić information content (AvgIpc) is 2.25. The van der Waals surface area contributed by atoms with E-state index in [-0.39, 0.29) is 23.1 Å². The number of hydrogen-bond donors (Lipinski definition) is 0. The summed E-state index contributed by atoms with van der Waals surface area (Å²) < 4.78 is 5.21. The van der Waals surface area contributed by atoms with Gasteiger partial charge in [0.25, 0.3) is 0 Å². The molecular formula is C10H9ClN2O3. The van der Waals surface area contributed by atoms with E-state index in [2.05, 4.69) is 0 Å². The van der Waals surface area contributed by atoms with Crippen LogP contribution in [0.15, 0.2) is 18.2 Å². The Morgan fingerprint density at radius 3 is 2.94 bits per heavy atom. The second-order valence-corrected chi connectivity index (χ2v) is 3.36. The number of nitriles is 1. The predicted molar refractivity (Wildman–Crippen MR) is 58.4 cm³/mol. The summed E-state index contributed by atoms with van der Waals surface area (Å²) in [7, 11) is 0. The minimum atomic E-state index is -0.550. The summed E-state index contributed by atoms with van der Waals surface area (Å²) in [6.07, 6.45) is 0.858. The maximum atomic E-state index is 10.7. The van der Waals surface area contributed by atoms with Crippen molar-refractivity contribution >= 4 is 17.3 Å². The van der Waals surface area contributed by atoms with Gasteiger partial charge < -0.3 is 4.74 Å². The molecule has 0 N–H and O–H groups in total. The summed E-state index contributed by atoms with van der Waals surface area (Å²) in [5.41, 5.74) is -0.163. The summed E-state index contributed by atoms with van der Waals surface area (Å²) in [4.78, 5) is 10.1. The third-order valence-electron chi connectivity index (χ3n) is 1.82. The number of unbranched alkanes of at least 4 members (excludes halogenated alkanes) is 1. The van der Waals surface area contributed by atoms with Crippen LogP contribution in [0.25, 0.3) is 0 Å². The minimum Gasteiger partial charge on any atom is -0.486 e. The highest BCUT2D eigenvalue weighted by molar-refractivity contribution is 6.32. The van der Waals surface area contributed by atoms with Gasteiger partial charge in [0.1, 0.15) is 0 Å². The Balaban J connectivity index is 2.77. The molecule has 0 aliphatic rings. The zero-order valence-electron chi connectivity index (χ0n) is 8.35. The molecule has 6 heteroatoms. The molecule has 0 aromatic heterocycles. The van der Waals surface area contributed by atoms with Crippen LogP contribution >= 0.6 is 11.6 Å². The molecule has 0 saturated heterocycles. The van der Waals surface area contributed by atoms with Crippen LogP contribution in [0, 0.1) is 21.4 Å². The van der Waals surface area contributed by atoms with Crippen LogP contribution < -0.4 is 4.74 Å². The Bertz CT molecular complexity index is 429. The van der Waals surface area contributed by atoms with E-state index in [1.807, 2.05) is 6.07 Å². The number of benzene rings is 1. The topological polar surface area (TPSA) is 76.2 Å². The van der Waals surface area contributed by atoms with Crippen molar-refractivity contribution in [3.63, 3.8) is 0 Å². The predicted octanol–water partition coefficient (Wildman–Crippen LogP) is 2.93. The standard InChI is InChI=1S/C10H9ClN2O3/c11-8-4-3-5-9(13(14)15)10(8)16-7-2-1-6-12/h3-5H,1-2,7H2. The molecule has 0 amide bonds. The number of hydrogen-bond acceptors (Lipinski definition) is 4. The van der Waals surface area contributed by atoms with Crippen LogP contribution in [0.2, 0.25) is 5.02 Å². The molecule has 0 atom stereocenters. The highest BCUT2D eigenvalue weighted by Gasteiger charge is 2.17. The van der Waals surface area contributed by atoms with Crippen LogP contribution in [0.4, 0.5) is 5.69 Å². The molecule has 0 aliphatic carbocycles. The second kappa shape index (κ2) is 5.93. The molecule has 1 rings (SSSR count). The van der Waals surface area contributed by atoms with Crippen LogP contribution in [-0.2, 0) is 0 Å². The lowest BCUT2D eigenvalue weighted by Crippen LogP contribution is -2.00. The molecule has 0 saturated carbocycles. The number of nitrogens with zero attached hydrogens (tertiary/aromatic N) is 2. The number of halogens is 1. The van der Waals surface area contributed by atoms with Gasteiger partial charge in [0.05, 0.1) is 22.6 Å². The molecule has 0 spiro atoms. The smallest absolute Gasteiger partial charge is 0.312 e. The molecule has 0 unspecified atom stereocenters. The molecule has 0 heterocycles. The zero-order chi connectivity index (χ0) is 12.0. The van der Waals surface area contributed by atoms with Crippen molar-refractivity contribution in [1.82, 2.24) is 0 Å². The van der Waals surface area contributed by atoms with Crippen LogP contribution in [0.5, 0.6) is 5.75 Å². The lowest BCUT2D eigenvalue weighted by atomic mass is 10.3. The van der Waals surface area contributed by atoms with E-state index in [9.17, 15) is 10.1 Å². The average molecular weight is 241 g/mol. The molecule has 0 aliphatic heterocycles. The van der Waals surface area contributed by atoms with Crippen molar-refractivity contribution in [2.75, 3.05) is 6.61 Å². The van der Waals surface area contributed by atoms with Crippen LogP contribution in [0.3, 0.4) is 0 Å². The summed E-state index contributed by atoms with van der Waals surface area (Å²) >= 11 is 5.79. The van der Waals surface area contributed by atoms with E-state index in [4.69, 9.17) is 21.6 Å². The van der Waals surface area contributed by atoms with Crippen molar-refractivity contribution in [3.8, 4) is 11.8 Å². The largest absolute Gasteiger partial charge is 0.486 e. The highest BCUT2D eigenvalue weighted by Crippen LogP contribution is 2.34. The maximum Gasteiger partial charge on any atom is 0.312 e. The number of nitro groups is 1. The van der Waals surface area contributed by atoms with Gasteiger partial charge in [-0.15, -0.1) is 0 Å². The Morgan fingerprint density at radius 2 is 2.31 bits per heavy atom. The van der Waals surface area contributed by atoms with Gasteiger partial charge in [0.2, 0.25) is 5.75 Å². The molecule has 0 bridgehead atoms. The summed E-state index contributed by atoms with van der Waals surface area (Å²) in [5.74, 6) is 0.0621. The third kappa shape index (κ3) is 3.11. The van der Waals surface area contributed by atoms with Crippen LogP contribution in [0.1, 0.15) is 12.8 Å². The number of nitro benzene ring substituents is 1. The van der Waals surface area contributed by atoms with E-state index in [0.717, 1.165) is 0 Å². The Hall–Kier alpha value is -1.80. The van der Waals surface area contributed by atoms with Gasteiger partial charge in [0.15, 0.2) is 0 Å². The first-order valence-electron chi connectivity index (χ1n) is 4.59. The number of para-hydroxylation sites is 1. The van der Waals surface area contributed by atoms with Gasteiger partial charge in [-0.1, -0.05) is 17.7 Å². The van der Waals surface area contributed by atoms with Crippen molar-refractivity contribution in [3.05, 3.63) is 33.3 Å². The van der Waals surface area contributed by atoms with Gasteiger partial charge in [-0.25, -0.2) is 0 Å². The van der Waals surface area contributed by atoms with Crippen molar-refractivity contribution in [1.29, 1.82) is 5.26 Å². The number of rotatable bonds is 5.